The summed E-state index contributed by atoms with van der Waals surface area (Å²) in [6.45, 7) is 2.33. The Kier molecular flexibility index (Phi) is 6.38. The lowest BCUT2D eigenvalue weighted by Crippen LogP contribution is -2.58. The fourth-order valence-electron chi connectivity index (χ4n) is 2.65. The second-order valence-corrected chi connectivity index (χ2v) is 7.50. The van der Waals surface area contributed by atoms with Crippen LogP contribution in [0, 0.1) is 0 Å². The zero-order valence-electron chi connectivity index (χ0n) is 14.0. The molecular formula is C18H19ClN4O2S. The number of hydrogen-bond donors (Lipinski definition) is 2. The monoisotopic (exact) mass is 390 g/mol. The molecule has 1 aliphatic heterocycles. The maximum atomic E-state index is 12.6. The number of carbonyl (C=O) groups is 2. The van der Waals surface area contributed by atoms with Crippen molar-refractivity contribution in [2.24, 2.45) is 0 Å². The summed E-state index contributed by atoms with van der Waals surface area (Å²) in [7, 11) is 0. The summed E-state index contributed by atoms with van der Waals surface area (Å²) in [6, 6.07) is 6.53. The van der Waals surface area contributed by atoms with Crippen LogP contribution in [0.3, 0.4) is 0 Å². The van der Waals surface area contributed by atoms with E-state index < -0.39 is 6.04 Å². The Hall–Kier alpha value is -2.22. The van der Waals surface area contributed by atoms with Crippen molar-refractivity contribution < 1.29 is 9.59 Å². The third-order valence-electron chi connectivity index (χ3n) is 3.97. The van der Waals surface area contributed by atoms with Gasteiger partial charge in [-0.1, -0.05) is 11.6 Å². The lowest BCUT2D eigenvalue weighted by Gasteiger charge is -2.32. The molecule has 0 bridgehead atoms. The minimum absolute atomic E-state index is 0.188. The van der Waals surface area contributed by atoms with E-state index in [0.717, 1.165) is 10.6 Å². The van der Waals surface area contributed by atoms with Crippen LogP contribution in [0.4, 0.5) is 5.69 Å². The third-order valence-corrected chi connectivity index (χ3v) is 5.17. The number of piperazine rings is 1. The molecule has 3 heterocycles. The second-order valence-electron chi connectivity index (χ2n) is 5.75. The van der Waals surface area contributed by atoms with Crippen molar-refractivity contribution in [3.8, 4) is 0 Å². The van der Waals surface area contributed by atoms with Gasteiger partial charge in [0.1, 0.15) is 0 Å². The van der Waals surface area contributed by atoms with Crippen molar-refractivity contribution >= 4 is 46.4 Å². The number of rotatable bonds is 7. The van der Waals surface area contributed by atoms with Crippen molar-refractivity contribution in [2.75, 3.05) is 31.5 Å². The Labute approximate surface area is 160 Å². The molecule has 3 rings (SSSR count). The third kappa shape index (κ3) is 4.91. The molecule has 1 unspecified atom stereocenters. The Morgan fingerprint density at radius 2 is 2.19 bits per heavy atom. The Morgan fingerprint density at radius 1 is 1.38 bits per heavy atom. The van der Waals surface area contributed by atoms with E-state index in [1.54, 1.807) is 29.4 Å². The summed E-state index contributed by atoms with van der Waals surface area (Å²) < 4.78 is 0.664. The predicted molar refractivity (Wildman–Crippen MR) is 104 cm³/mol. The molecule has 26 heavy (non-hydrogen) atoms. The van der Waals surface area contributed by atoms with Gasteiger partial charge >= 0.3 is 0 Å². The van der Waals surface area contributed by atoms with Crippen molar-refractivity contribution in [3.05, 3.63) is 51.9 Å². The number of hydrogen-bond acceptors (Lipinski definition) is 6. The number of aromatic nitrogens is 1. The molecule has 8 heteroatoms. The van der Waals surface area contributed by atoms with Crippen LogP contribution in [0.5, 0.6) is 0 Å². The van der Waals surface area contributed by atoms with Gasteiger partial charge in [0.25, 0.3) is 0 Å². The average Bonchev–Trinajstić information content (AvgIpc) is 3.07. The van der Waals surface area contributed by atoms with E-state index in [2.05, 4.69) is 15.6 Å². The molecular weight excluding hydrogens is 372 g/mol. The topological polar surface area (TPSA) is 74.3 Å². The van der Waals surface area contributed by atoms with E-state index in [4.69, 9.17) is 11.6 Å². The average molecular weight is 391 g/mol. The molecule has 0 aromatic carbocycles. The van der Waals surface area contributed by atoms with Crippen molar-refractivity contribution in [1.29, 1.82) is 0 Å². The number of nitrogens with zero attached hydrogens (tertiary/aromatic N) is 2. The van der Waals surface area contributed by atoms with Gasteiger partial charge in [0.05, 0.1) is 4.34 Å². The van der Waals surface area contributed by atoms with E-state index in [1.165, 1.54) is 17.4 Å². The maximum Gasteiger partial charge on any atom is 0.247 e. The number of thiophene rings is 1. The van der Waals surface area contributed by atoms with Gasteiger partial charge < -0.3 is 10.2 Å². The van der Waals surface area contributed by atoms with Gasteiger partial charge in [-0.25, -0.2) is 0 Å². The van der Waals surface area contributed by atoms with Crippen LogP contribution in [0.15, 0.2) is 42.7 Å². The molecule has 1 saturated heterocycles. The molecule has 0 radical (unpaired) electrons. The van der Waals surface area contributed by atoms with Crippen LogP contribution >= 0.6 is 22.9 Å². The first-order chi connectivity index (χ1) is 12.6. The summed E-state index contributed by atoms with van der Waals surface area (Å²) in [5.74, 6) is -0.432. The largest absolute Gasteiger partial charge is 0.383 e. The van der Waals surface area contributed by atoms with Gasteiger partial charge in [-0.3, -0.25) is 19.9 Å². The van der Waals surface area contributed by atoms with Crippen molar-refractivity contribution in [1.82, 2.24) is 15.2 Å². The highest BCUT2D eigenvalue weighted by Crippen LogP contribution is 2.22. The van der Waals surface area contributed by atoms with Crippen LogP contribution in [0.1, 0.15) is 4.88 Å². The molecule has 0 saturated carbocycles. The van der Waals surface area contributed by atoms with Gasteiger partial charge in [0.2, 0.25) is 5.91 Å². The van der Waals surface area contributed by atoms with Crippen LogP contribution in [0.25, 0.3) is 6.08 Å². The molecule has 1 aliphatic rings. The van der Waals surface area contributed by atoms with Gasteiger partial charge in [-0.05, 0) is 36.4 Å². The lowest BCUT2D eigenvalue weighted by atomic mass is 10.1. The van der Waals surface area contributed by atoms with E-state index in [1.807, 2.05) is 18.2 Å². The first-order valence-electron chi connectivity index (χ1n) is 8.27. The second kappa shape index (κ2) is 8.93. The normalized spacial score (nSPS) is 17.7. The number of pyridine rings is 1. The van der Waals surface area contributed by atoms with E-state index in [-0.39, 0.29) is 11.7 Å². The summed E-state index contributed by atoms with van der Waals surface area (Å²) in [5, 5.41) is 6.25. The molecule has 2 N–H and O–H groups in total. The molecule has 1 amide bonds. The van der Waals surface area contributed by atoms with Crippen LogP contribution < -0.4 is 10.6 Å². The van der Waals surface area contributed by atoms with Crippen LogP contribution in [0.2, 0.25) is 4.34 Å². The Morgan fingerprint density at radius 3 is 2.92 bits per heavy atom. The number of carbonyl (C=O) groups excluding carboxylic acids is 2. The zero-order valence-corrected chi connectivity index (χ0v) is 15.6. The maximum absolute atomic E-state index is 12.6. The molecule has 6 nitrogen and oxygen atoms in total. The van der Waals surface area contributed by atoms with Gasteiger partial charge in [0.15, 0.2) is 11.8 Å². The lowest BCUT2D eigenvalue weighted by molar-refractivity contribution is -0.139. The Balaban J connectivity index is 1.53. The highest BCUT2D eigenvalue weighted by molar-refractivity contribution is 7.17. The molecule has 0 aliphatic carbocycles. The summed E-state index contributed by atoms with van der Waals surface area (Å²) in [6.07, 6.45) is 6.55. The number of anilines is 1. The first-order valence-corrected chi connectivity index (χ1v) is 9.46. The minimum atomic E-state index is -0.823. The zero-order chi connectivity index (χ0) is 18.4. The minimum Gasteiger partial charge on any atom is -0.383 e. The fourth-order valence-corrected chi connectivity index (χ4v) is 3.62. The summed E-state index contributed by atoms with van der Waals surface area (Å²) >= 11 is 7.26. The van der Waals surface area contributed by atoms with Gasteiger partial charge in [0, 0.05) is 49.1 Å². The van der Waals surface area contributed by atoms with E-state index in [9.17, 15) is 9.59 Å². The smallest absolute Gasteiger partial charge is 0.247 e. The number of nitrogens with one attached hydrogen (secondary N) is 2. The summed E-state index contributed by atoms with van der Waals surface area (Å²) in [5.41, 5.74) is 0.952. The van der Waals surface area contributed by atoms with E-state index in [0.29, 0.717) is 30.5 Å². The van der Waals surface area contributed by atoms with Gasteiger partial charge in [-0.15, -0.1) is 11.3 Å². The summed E-state index contributed by atoms with van der Waals surface area (Å²) in [4.78, 5) is 31.5. The molecule has 1 fully saturated rings. The quantitative estimate of drug-likeness (QED) is 0.560. The highest BCUT2D eigenvalue weighted by Gasteiger charge is 2.32. The van der Waals surface area contributed by atoms with Crippen molar-refractivity contribution in [3.63, 3.8) is 0 Å². The fraction of sp³-hybridized carbons (Fsp3) is 0.278. The number of ketones is 1. The van der Waals surface area contributed by atoms with E-state index >= 15 is 0 Å². The highest BCUT2D eigenvalue weighted by atomic mass is 35.5. The SMILES string of the molecule is O=C(C=Cc1ccc(Cl)s1)C1NCCN(CCNc2ccncc2)C1=O. The molecule has 2 aromatic rings. The standard InChI is InChI=1S/C18H19ClN4O2S/c19-16-4-2-14(26-16)1-3-15(24)17-18(25)23(12-10-22-17)11-9-21-13-5-7-20-8-6-13/h1-8,17,22H,9-12H2,(H,20,21). The van der Waals surface area contributed by atoms with Crippen LogP contribution in [-0.2, 0) is 9.59 Å². The van der Waals surface area contributed by atoms with Crippen LogP contribution in [-0.4, -0.2) is 53.8 Å². The number of halogens is 1. The van der Waals surface area contributed by atoms with Gasteiger partial charge in [-0.2, -0.15) is 0 Å². The first kappa shape index (κ1) is 18.6. The molecule has 0 spiro atoms. The Bertz CT molecular complexity index is 793. The number of amides is 1. The van der Waals surface area contributed by atoms with Crippen molar-refractivity contribution in [2.45, 2.75) is 6.04 Å². The predicted octanol–water partition coefficient (Wildman–Crippen LogP) is 2.29. The molecule has 2 aromatic heterocycles. The molecule has 136 valence electrons. The molecule has 1 atom stereocenters.